The first-order valence-corrected chi connectivity index (χ1v) is 9.52. The molecule has 0 aliphatic heterocycles. The van der Waals surface area contributed by atoms with E-state index in [0.29, 0.717) is 5.56 Å². The Labute approximate surface area is 165 Å². The van der Waals surface area contributed by atoms with E-state index >= 15 is 0 Å². The van der Waals surface area contributed by atoms with Gasteiger partial charge in [0.15, 0.2) is 0 Å². The van der Waals surface area contributed by atoms with Crippen LogP contribution in [0.15, 0.2) is 78.9 Å². The Morgan fingerprint density at radius 2 is 1.68 bits per heavy atom. The summed E-state index contributed by atoms with van der Waals surface area (Å²) in [7, 11) is 0. The first kappa shape index (κ1) is 17.9. The van der Waals surface area contributed by atoms with E-state index in [4.69, 9.17) is 4.98 Å². The van der Waals surface area contributed by atoms with Gasteiger partial charge in [-0.05, 0) is 36.6 Å². The average molecular weight is 366 g/mol. The maximum atomic E-state index is 13.3. The van der Waals surface area contributed by atoms with Gasteiger partial charge in [0.25, 0.3) is 5.91 Å². The smallest absolute Gasteiger partial charge is 0.256 e. The van der Waals surface area contributed by atoms with Gasteiger partial charge in [-0.2, -0.15) is 0 Å². The predicted octanol–water partition coefficient (Wildman–Crippen LogP) is 6.02. The molecule has 0 aliphatic carbocycles. The molecule has 3 aromatic carbocycles. The van der Waals surface area contributed by atoms with Crippen molar-refractivity contribution in [3.8, 4) is 11.3 Å². The van der Waals surface area contributed by atoms with Crippen LogP contribution in [0.5, 0.6) is 0 Å². The van der Waals surface area contributed by atoms with Crippen LogP contribution in [0, 0.1) is 6.92 Å². The molecule has 1 aromatic heterocycles. The highest BCUT2D eigenvalue weighted by molar-refractivity contribution is 6.13. The molecule has 1 amide bonds. The van der Waals surface area contributed by atoms with Gasteiger partial charge in [-0.3, -0.25) is 4.79 Å². The Bertz CT molecular complexity index is 1150. The molecule has 0 saturated carbocycles. The minimum atomic E-state index is -0.111. The van der Waals surface area contributed by atoms with E-state index in [9.17, 15) is 4.79 Å². The van der Waals surface area contributed by atoms with E-state index in [1.54, 1.807) is 0 Å². The Balaban J connectivity index is 1.83. The minimum Gasteiger partial charge on any atom is -0.321 e. The molecule has 1 N–H and O–H groups in total. The molecule has 0 spiro atoms. The van der Waals surface area contributed by atoms with Crippen LogP contribution in [0.4, 0.5) is 5.69 Å². The first-order chi connectivity index (χ1) is 13.7. The lowest BCUT2D eigenvalue weighted by Crippen LogP contribution is -2.15. The van der Waals surface area contributed by atoms with Crippen LogP contribution in [-0.2, 0) is 6.42 Å². The highest BCUT2D eigenvalue weighted by Gasteiger charge is 2.16. The van der Waals surface area contributed by atoms with Gasteiger partial charge < -0.3 is 5.32 Å². The molecule has 0 unspecified atom stereocenters. The van der Waals surface area contributed by atoms with Crippen molar-refractivity contribution in [3.05, 3.63) is 95.6 Å². The van der Waals surface area contributed by atoms with Gasteiger partial charge in [-0.15, -0.1) is 0 Å². The summed E-state index contributed by atoms with van der Waals surface area (Å²) in [5, 5.41) is 4.00. The third kappa shape index (κ3) is 3.39. The predicted molar refractivity (Wildman–Crippen MR) is 116 cm³/mol. The number of amides is 1. The fourth-order valence-corrected chi connectivity index (χ4v) is 3.50. The second kappa shape index (κ2) is 7.65. The normalized spacial score (nSPS) is 10.8. The fourth-order valence-electron chi connectivity index (χ4n) is 3.50. The van der Waals surface area contributed by atoms with Gasteiger partial charge in [-0.1, -0.05) is 73.7 Å². The van der Waals surface area contributed by atoms with E-state index in [-0.39, 0.29) is 5.91 Å². The van der Waals surface area contributed by atoms with E-state index in [1.807, 2.05) is 79.7 Å². The van der Waals surface area contributed by atoms with Crippen LogP contribution in [0.3, 0.4) is 0 Å². The lowest BCUT2D eigenvalue weighted by atomic mass is 10.0. The number of aromatic nitrogens is 1. The molecule has 0 saturated heterocycles. The zero-order chi connectivity index (χ0) is 19.5. The Hall–Kier alpha value is -3.46. The van der Waals surface area contributed by atoms with Crippen molar-refractivity contribution in [2.75, 3.05) is 5.32 Å². The van der Waals surface area contributed by atoms with Gasteiger partial charge in [-0.25, -0.2) is 4.98 Å². The van der Waals surface area contributed by atoms with Crippen molar-refractivity contribution in [1.82, 2.24) is 4.98 Å². The number of carbonyl (C=O) groups is 1. The highest BCUT2D eigenvalue weighted by Crippen LogP contribution is 2.27. The summed E-state index contributed by atoms with van der Waals surface area (Å²) in [6.45, 7) is 4.12. The van der Waals surface area contributed by atoms with E-state index in [1.165, 1.54) is 0 Å². The number of para-hydroxylation sites is 2. The molecular formula is C25H22N2O. The summed E-state index contributed by atoms with van der Waals surface area (Å²) in [6, 6.07) is 25.7. The summed E-state index contributed by atoms with van der Waals surface area (Å²) in [5.41, 5.74) is 6.34. The standard InChI is InChI=1S/C25H22N2O/c1-3-18-13-9-10-17(2)24(18)27-25(28)21-16-23(19-11-5-4-6-12-19)26-22-15-8-7-14-20(21)22/h4-16H,3H2,1-2H3,(H,27,28). The summed E-state index contributed by atoms with van der Waals surface area (Å²) < 4.78 is 0. The molecule has 3 heteroatoms. The van der Waals surface area contributed by atoms with Crippen molar-refractivity contribution in [1.29, 1.82) is 0 Å². The molecule has 138 valence electrons. The third-order valence-electron chi connectivity index (χ3n) is 5.01. The number of aryl methyl sites for hydroxylation is 2. The molecule has 0 aliphatic rings. The van der Waals surface area contributed by atoms with Gasteiger partial charge >= 0.3 is 0 Å². The Morgan fingerprint density at radius 3 is 2.46 bits per heavy atom. The van der Waals surface area contributed by atoms with Gasteiger partial charge in [0.2, 0.25) is 0 Å². The largest absolute Gasteiger partial charge is 0.321 e. The van der Waals surface area contributed by atoms with Crippen molar-refractivity contribution >= 4 is 22.5 Å². The zero-order valence-electron chi connectivity index (χ0n) is 16.1. The van der Waals surface area contributed by atoms with E-state index in [0.717, 1.165) is 45.4 Å². The highest BCUT2D eigenvalue weighted by atomic mass is 16.1. The molecule has 3 nitrogen and oxygen atoms in total. The molecule has 0 atom stereocenters. The van der Waals surface area contributed by atoms with Gasteiger partial charge in [0.05, 0.1) is 16.8 Å². The number of carbonyl (C=O) groups excluding carboxylic acids is 1. The molecule has 4 aromatic rings. The number of anilines is 1. The van der Waals surface area contributed by atoms with Crippen molar-refractivity contribution < 1.29 is 4.79 Å². The topological polar surface area (TPSA) is 42.0 Å². The summed E-state index contributed by atoms with van der Waals surface area (Å²) in [6.07, 6.45) is 0.865. The average Bonchev–Trinajstić information content (AvgIpc) is 2.75. The molecule has 28 heavy (non-hydrogen) atoms. The van der Waals surface area contributed by atoms with Crippen LogP contribution < -0.4 is 5.32 Å². The van der Waals surface area contributed by atoms with Gasteiger partial charge in [0.1, 0.15) is 0 Å². The molecule has 1 heterocycles. The number of fused-ring (bicyclic) bond motifs is 1. The molecule has 0 bridgehead atoms. The molecular weight excluding hydrogens is 344 g/mol. The Kier molecular flexibility index (Phi) is 4.90. The van der Waals surface area contributed by atoms with Crippen LogP contribution >= 0.6 is 0 Å². The second-order valence-electron chi connectivity index (χ2n) is 6.85. The zero-order valence-corrected chi connectivity index (χ0v) is 16.1. The van der Waals surface area contributed by atoms with Crippen LogP contribution in [0.2, 0.25) is 0 Å². The fraction of sp³-hybridized carbons (Fsp3) is 0.120. The van der Waals surface area contributed by atoms with E-state index < -0.39 is 0 Å². The number of hydrogen-bond acceptors (Lipinski definition) is 2. The quantitative estimate of drug-likeness (QED) is 0.479. The maximum Gasteiger partial charge on any atom is 0.256 e. The maximum absolute atomic E-state index is 13.3. The third-order valence-corrected chi connectivity index (χ3v) is 5.01. The first-order valence-electron chi connectivity index (χ1n) is 9.52. The monoisotopic (exact) mass is 366 g/mol. The lowest BCUT2D eigenvalue weighted by molar-refractivity contribution is 0.102. The molecule has 0 radical (unpaired) electrons. The summed E-state index contributed by atoms with van der Waals surface area (Å²) >= 11 is 0. The van der Waals surface area contributed by atoms with Crippen molar-refractivity contribution in [2.45, 2.75) is 20.3 Å². The molecule has 4 rings (SSSR count). The number of nitrogens with one attached hydrogen (secondary N) is 1. The number of rotatable bonds is 4. The number of pyridine rings is 1. The number of benzene rings is 3. The number of nitrogens with zero attached hydrogens (tertiary/aromatic N) is 1. The van der Waals surface area contributed by atoms with Crippen LogP contribution in [-0.4, -0.2) is 10.9 Å². The molecule has 0 fully saturated rings. The van der Waals surface area contributed by atoms with Gasteiger partial charge in [0, 0.05) is 16.6 Å². The summed E-state index contributed by atoms with van der Waals surface area (Å²) in [5.74, 6) is -0.111. The lowest BCUT2D eigenvalue weighted by Gasteiger charge is -2.15. The SMILES string of the molecule is CCc1cccc(C)c1NC(=O)c1cc(-c2ccccc2)nc2ccccc12. The summed E-state index contributed by atoms with van der Waals surface area (Å²) in [4.78, 5) is 18.1. The van der Waals surface area contributed by atoms with Crippen LogP contribution in [0.1, 0.15) is 28.4 Å². The minimum absolute atomic E-state index is 0.111. The van der Waals surface area contributed by atoms with Crippen molar-refractivity contribution in [3.63, 3.8) is 0 Å². The van der Waals surface area contributed by atoms with E-state index in [2.05, 4.69) is 18.3 Å². The number of hydrogen-bond donors (Lipinski definition) is 1. The Morgan fingerprint density at radius 1 is 0.929 bits per heavy atom. The van der Waals surface area contributed by atoms with Crippen molar-refractivity contribution in [2.24, 2.45) is 0 Å². The second-order valence-corrected chi connectivity index (χ2v) is 6.85. The van der Waals surface area contributed by atoms with Crippen LogP contribution in [0.25, 0.3) is 22.2 Å².